The van der Waals surface area contributed by atoms with Gasteiger partial charge in [0.25, 0.3) is 0 Å². The minimum Gasteiger partial charge on any atom is -0.0648 e. The van der Waals surface area contributed by atoms with Gasteiger partial charge in [-0.1, -0.05) is 52.9 Å². The quantitative estimate of drug-likeness (QED) is 0.493. The second-order valence-corrected chi connectivity index (χ2v) is 2.97. The molecule has 0 atom stereocenters. The summed E-state index contributed by atoms with van der Waals surface area (Å²) in [6, 6.07) is 0. The van der Waals surface area contributed by atoms with E-state index in [0.29, 0.717) is 0 Å². The van der Waals surface area contributed by atoms with Crippen LogP contribution in [0.4, 0.5) is 0 Å². The SMILES string of the molecule is [CH2]CCCCC[C](C)CC. The first-order valence-electron chi connectivity index (χ1n) is 4.41. The van der Waals surface area contributed by atoms with E-state index in [1.165, 1.54) is 32.1 Å². The topological polar surface area (TPSA) is 0 Å². The van der Waals surface area contributed by atoms with E-state index in [-0.39, 0.29) is 0 Å². The highest BCUT2D eigenvalue weighted by atomic mass is 14.0. The predicted molar refractivity (Wildman–Crippen MR) is 47.7 cm³/mol. The molecular formula is C10H20. The molecule has 0 N–H and O–H groups in total. The number of hydrogen-bond acceptors (Lipinski definition) is 0. The van der Waals surface area contributed by atoms with Gasteiger partial charge in [0.2, 0.25) is 0 Å². The summed E-state index contributed by atoms with van der Waals surface area (Å²) in [5.74, 6) is 1.64. The molecule has 0 aliphatic carbocycles. The molecule has 2 radical (unpaired) electrons. The van der Waals surface area contributed by atoms with Crippen LogP contribution < -0.4 is 0 Å². The van der Waals surface area contributed by atoms with Gasteiger partial charge in [-0.3, -0.25) is 0 Å². The normalized spacial score (nSPS) is 10.8. The minimum atomic E-state index is 1.10. The van der Waals surface area contributed by atoms with Gasteiger partial charge < -0.3 is 0 Å². The van der Waals surface area contributed by atoms with Crippen molar-refractivity contribution in [2.45, 2.75) is 52.4 Å². The monoisotopic (exact) mass is 140 g/mol. The molecule has 0 rings (SSSR count). The molecule has 60 valence electrons. The van der Waals surface area contributed by atoms with Crippen LogP contribution in [0.3, 0.4) is 0 Å². The summed E-state index contributed by atoms with van der Waals surface area (Å²) in [7, 11) is 0. The van der Waals surface area contributed by atoms with E-state index in [1.54, 1.807) is 5.92 Å². The van der Waals surface area contributed by atoms with E-state index >= 15 is 0 Å². The average molecular weight is 140 g/mol. The van der Waals surface area contributed by atoms with E-state index in [2.05, 4.69) is 20.8 Å². The fourth-order valence-electron chi connectivity index (χ4n) is 0.957. The number of rotatable bonds is 6. The molecule has 0 aliphatic rings. The lowest BCUT2D eigenvalue weighted by Gasteiger charge is -2.05. The maximum absolute atomic E-state index is 3.82. The van der Waals surface area contributed by atoms with Crippen molar-refractivity contribution in [3.63, 3.8) is 0 Å². The Hall–Kier alpha value is 0. The summed E-state index contributed by atoms with van der Waals surface area (Å²) in [5, 5.41) is 0. The van der Waals surface area contributed by atoms with Gasteiger partial charge in [-0.05, 0) is 12.3 Å². The zero-order chi connectivity index (χ0) is 7.82. The van der Waals surface area contributed by atoms with Crippen molar-refractivity contribution >= 4 is 0 Å². The lowest BCUT2D eigenvalue weighted by Crippen LogP contribution is -1.88. The van der Waals surface area contributed by atoms with Crippen molar-refractivity contribution in [3.8, 4) is 0 Å². The predicted octanol–water partition coefficient (Wildman–Crippen LogP) is 3.78. The molecule has 0 bridgehead atoms. The Labute approximate surface area is 66.0 Å². The molecule has 0 aromatic rings. The Balaban J connectivity index is 2.89. The van der Waals surface area contributed by atoms with Crippen molar-refractivity contribution in [1.82, 2.24) is 0 Å². The maximum Gasteiger partial charge on any atom is -0.0275 e. The molecule has 0 aromatic heterocycles. The molecule has 0 saturated carbocycles. The van der Waals surface area contributed by atoms with Gasteiger partial charge in [-0.25, -0.2) is 0 Å². The first-order chi connectivity index (χ1) is 4.81. The first kappa shape index (κ1) is 10.0. The number of unbranched alkanes of at least 4 members (excludes halogenated alkanes) is 3. The van der Waals surface area contributed by atoms with Crippen molar-refractivity contribution in [3.05, 3.63) is 12.8 Å². The summed E-state index contributed by atoms with van der Waals surface area (Å²) in [5.41, 5.74) is 0. The van der Waals surface area contributed by atoms with Crippen molar-refractivity contribution in [2.75, 3.05) is 0 Å². The summed E-state index contributed by atoms with van der Waals surface area (Å²) >= 11 is 0. The third-order valence-corrected chi connectivity index (χ3v) is 1.96. The van der Waals surface area contributed by atoms with Crippen LogP contribution in [0.1, 0.15) is 52.4 Å². The van der Waals surface area contributed by atoms with Crippen LogP contribution >= 0.6 is 0 Å². The summed E-state index contributed by atoms with van der Waals surface area (Å²) in [4.78, 5) is 0. The van der Waals surface area contributed by atoms with Crippen LogP contribution in [0.25, 0.3) is 0 Å². The molecule has 0 unspecified atom stereocenters. The van der Waals surface area contributed by atoms with Gasteiger partial charge in [0.15, 0.2) is 0 Å². The summed E-state index contributed by atoms with van der Waals surface area (Å²) in [6.07, 6.45) is 7.72. The largest absolute Gasteiger partial charge is 0.0648 e. The smallest absolute Gasteiger partial charge is 0.0275 e. The van der Waals surface area contributed by atoms with Crippen molar-refractivity contribution in [2.24, 2.45) is 0 Å². The molecule has 0 aromatic carbocycles. The standard InChI is InChI=1S/C10H20/c1-4-6-7-8-9-10(3)5-2/h1,4-9H2,2-3H3. The molecule has 0 heterocycles. The molecule has 0 aliphatic heterocycles. The lowest BCUT2D eigenvalue weighted by atomic mass is 10.0. The first-order valence-corrected chi connectivity index (χ1v) is 4.41. The Morgan fingerprint density at radius 2 is 1.90 bits per heavy atom. The maximum atomic E-state index is 3.82. The van der Waals surface area contributed by atoms with Crippen molar-refractivity contribution < 1.29 is 0 Å². The van der Waals surface area contributed by atoms with Crippen molar-refractivity contribution in [1.29, 1.82) is 0 Å². The van der Waals surface area contributed by atoms with Crippen LogP contribution in [0.5, 0.6) is 0 Å². The Morgan fingerprint density at radius 1 is 1.20 bits per heavy atom. The fourth-order valence-corrected chi connectivity index (χ4v) is 0.957. The second-order valence-electron chi connectivity index (χ2n) is 2.97. The molecule has 0 nitrogen and oxygen atoms in total. The van der Waals surface area contributed by atoms with Crippen LogP contribution in [0.2, 0.25) is 0 Å². The molecular weight excluding hydrogens is 120 g/mol. The highest BCUT2D eigenvalue weighted by Gasteiger charge is 1.97. The van der Waals surface area contributed by atoms with Gasteiger partial charge in [0.1, 0.15) is 0 Å². The van der Waals surface area contributed by atoms with E-state index in [1.807, 2.05) is 0 Å². The Kier molecular flexibility index (Phi) is 7.11. The molecule has 0 fully saturated rings. The third kappa shape index (κ3) is 6.12. The highest BCUT2D eigenvalue weighted by Crippen LogP contribution is 2.14. The zero-order valence-electron chi connectivity index (χ0n) is 7.45. The summed E-state index contributed by atoms with van der Waals surface area (Å²) in [6.45, 7) is 8.30. The molecule has 10 heavy (non-hydrogen) atoms. The lowest BCUT2D eigenvalue weighted by molar-refractivity contribution is 0.636. The van der Waals surface area contributed by atoms with Crippen LogP contribution in [-0.2, 0) is 0 Å². The zero-order valence-corrected chi connectivity index (χ0v) is 7.45. The van der Waals surface area contributed by atoms with Crippen LogP contribution in [0.15, 0.2) is 0 Å². The molecule has 0 heteroatoms. The fraction of sp³-hybridized carbons (Fsp3) is 0.800. The van der Waals surface area contributed by atoms with E-state index < -0.39 is 0 Å². The molecule has 0 amide bonds. The Bertz CT molecular complexity index is 57.1. The summed E-state index contributed by atoms with van der Waals surface area (Å²) < 4.78 is 0. The van der Waals surface area contributed by atoms with Gasteiger partial charge in [-0.15, -0.1) is 0 Å². The third-order valence-electron chi connectivity index (χ3n) is 1.96. The number of hydrogen-bond donors (Lipinski definition) is 0. The van der Waals surface area contributed by atoms with E-state index in [0.717, 1.165) is 6.42 Å². The van der Waals surface area contributed by atoms with Gasteiger partial charge in [0.05, 0.1) is 0 Å². The van der Waals surface area contributed by atoms with Crippen LogP contribution in [0, 0.1) is 12.8 Å². The van der Waals surface area contributed by atoms with Gasteiger partial charge in [0, 0.05) is 0 Å². The average Bonchev–Trinajstić information content (AvgIpc) is 1.98. The van der Waals surface area contributed by atoms with E-state index in [9.17, 15) is 0 Å². The second kappa shape index (κ2) is 7.11. The van der Waals surface area contributed by atoms with Crippen LogP contribution in [-0.4, -0.2) is 0 Å². The Morgan fingerprint density at radius 3 is 2.40 bits per heavy atom. The van der Waals surface area contributed by atoms with E-state index in [4.69, 9.17) is 0 Å². The molecule has 0 saturated heterocycles. The van der Waals surface area contributed by atoms with Gasteiger partial charge in [-0.2, -0.15) is 0 Å². The highest BCUT2D eigenvalue weighted by molar-refractivity contribution is 4.80. The van der Waals surface area contributed by atoms with Gasteiger partial charge >= 0.3 is 0 Å². The molecule has 0 spiro atoms. The minimum absolute atomic E-state index is 1.10.